The summed E-state index contributed by atoms with van der Waals surface area (Å²) in [5.41, 5.74) is 6.21. The van der Waals surface area contributed by atoms with Crippen LogP contribution in [0.5, 0.6) is 5.75 Å². The molecule has 0 spiro atoms. The monoisotopic (exact) mass is 208 g/mol. The highest BCUT2D eigenvalue weighted by atomic mass is 16.5. The van der Waals surface area contributed by atoms with Gasteiger partial charge in [0.2, 0.25) is 5.91 Å². The lowest BCUT2D eigenvalue weighted by molar-refractivity contribution is -0.120. The number of carbonyl (C=O) groups is 1. The minimum atomic E-state index is -0.162. The van der Waals surface area contributed by atoms with Crippen LogP contribution in [-0.2, 0) is 4.79 Å². The zero-order valence-corrected chi connectivity index (χ0v) is 8.99. The molecule has 0 aliphatic carbocycles. The zero-order chi connectivity index (χ0) is 11.3. The van der Waals surface area contributed by atoms with Gasteiger partial charge in [-0.2, -0.15) is 0 Å². The number of nitrogens with one attached hydrogen (secondary N) is 1. The molecule has 1 aromatic rings. The van der Waals surface area contributed by atoms with Gasteiger partial charge in [0, 0.05) is 0 Å². The van der Waals surface area contributed by atoms with Gasteiger partial charge in [0.1, 0.15) is 5.75 Å². The van der Waals surface area contributed by atoms with E-state index in [-0.39, 0.29) is 18.5 Å². The predicted octanol–water partition coefficient (Wildman–Crippen LogP) is 0.831. The minimum absolute atomic E-state index is 0.00824. The third-order valence-corrected chi connectivity index (χ3v) is 2.16. The Hall–Kier alpha value is -1.55. The van der Waals surface area contributed by atoms with Crippen molar-refractivity contribution in [3.8, 4) is 5.75 Å². The first-order valence-electron chi connectivity index (χ1n) is 4.80. The Bertz CT molecular complexity index is 339. The molecule has 4 nitrogen and oxygen atoms in total. The van der Waals surface area contributed by atoms with E-state index < -0.39 is 0 Å². The highest BCUT2D eigenvalue weighted by Gasteiger charge is 2.08. The second kappa shape index (κ2) is 5.36. The smallest absolute Gasteiger partial charge is 0.234 e. The topological polar surface area (TPSA) is 64.3 Å². The fourth-order valence-corrected chi connectivity index (χ4v) is 1.29. The summed E-state index contributed by atoms with van der Waals surface area (Å²) in [5.74, 6) is 0.617. The summed E-state index contributed by atoms with van der Waals surface area (Å²) in [6.45, 7) is 1.91. The number of benzene rings is 1. The first kappa shape index (κ1) is 11.5. The van der Waals surface area contributed by atoms with Crippen LogP contribution in [0, 0.1) is 0 Å². The molecule has 4 heteroatoms. The Kier molecular flexibility index (Phi) is 4.12. The standard InChI is InChI=1S/C11H16N2O2/c1-8(13-11(14)7-12)9-4-3-5-10(6-9)15-2/h3-6,8H,7,12H2,1-2H3,(H,13,14)/t8-/m1/s1. The molecule has 0 radical (unpaired) electrons. The number of nitrogens with two attached hydrogens (primary N) is 1. The first-order valence-corrected chi connectivity index (χ1v) is 4.80. The molecule has 0 saturated carbocycles. The van der Waals surface area contributed by atoms with Crippen LogP contribution in [0.25, 0.3) is 0 Å². The van der Waals surface area contributed by atoms with Crippen LogP contribution in [0.4, 0.5) is 0 Å². The van der Waals surface area contributed by atoms with E-state index in [2.05, 4.69) is 5.32 Å². The summed E-state index contributed by atoms with van der Waals surface area (Å²) < 4.78 is 5.10. The SMILES string of the molecule is COc1cccc([C@@H](C)NC(=O)CN)c1. The molecule has 0 aromatic heterocycles. The molecule has 0 aliphatic heterocycles. The second-order valence-corrected chi connectivity index (χ2v) is 3.27. The number of rotatable bonds is 4. The number of amides is 1. The van der Waals surface area contributed by atoms with Crippen molar-refractivity contribution in [3.05, 3.63) is 29.8 Å². The van der Waals surface area contributed by atoms with E-state index in [0.717, 1.165) is 11.3 Å². The Morgan fingerprint density at radius 2 is 2.33 bits per heavy atom. The van der Waals surface area contributed by atoms with Crippen LogP contribution in [0.1, 0.15) is 18.5 Å². The molecule has 0 saturated heterocycles. The first-order chi connectivity index (χ1) is 7.17. The van der Waals surface area contributed by atoms with Crippen molar-refractivity contribution in [1.82, 2.24) is 5.32 Å². The van der Waals surface area contributed by atoms with Crippen molar-refractivity contribution in [2.24, 2.45) is 5.73 Å². The zero-order valence-electron chi connectivity index (χ0n) is 8.99. The van der Waals surface area contributed by atoms with Gasteiger partial charge in [0.25, 0.3) is 0 Å². The molecule has 0 aliphatic rings. The highest BCUT2D eigenvalue weighted by Crippen LogP contribution is 2.18. The Morgan fingerprint density at radius 1 is 1.60 bits per heavy atom. The summed E-state index contributed by atoms with van der Waals surface area (Å²) in [4.78, 5) is 11.1. The van der Waals surface area contributed by atoms with Gasteiger partial charge in [-0.25, -0.2) is 0 Å². The Labute approximate surface area is 89.4 Å². The van der Waals surface area contributed by atoms with E-state index in [9.17, 15) is 4.79 Å². The quantitative estimate of drug-likeness (QED) is 0.770. The van der Waals surface area contributed by atoms with Crippen LogP contribution in [0.2, 0.25) is 0 Å². The van der Waals surface area contributed by atoms with Crippen molar-refractivity contribution < 1.29 is 9.53 Å². The lowest BCUT2D eigenvalue weighted by atomic mass is 10.1. The maximum Gasteiger partial charge on any atom is 0.234 e. The van der Waals surface area contributed by atoms with Crippen LogP contribution >= 0.6 is 0 Å². The van der Waals surface area contributed by atoms with E-state index in [4.69, 9.17) is 10.5 Å². The highest BCUT2D eigenvalue weighted by molar-refractivity contribution is 5.78. The molecular formula is C11H16N2O2. The van der Waals surface area contributed by atoms with Crippen LogP contribution < -0.4 is 15.8 Å². The van der Waals surface area contributed by atoms with Gasteiger partial charge in [-0.1, -0.05) is 12.1 Å². The van der Waals surface area contributed by atoms with Crippen LogP contribution in [0.15, 0.2) is 24.3 Å². The van der Waals surface area contributed by atoms with Gasteiger partial charge in [0.15, 0.2) is 0 Å². The normalized spacial score (nSPS) is 11.9. The number of methoxy groups -OCH3 is 1. The van der Waals surface area contributed by atoms with Gasteiger partial charge in [-0.05, 0) is 24.6 Å². The molecule has 1 rings (SSSR count). The van der Waals surface area contributed by atoms with E-state index in [0.29, 0.717) is 0 Å². The van der Waals surface area contributed by atoms with E-state index >= 15 is 0 Å². The lowest BCUT2D eigenvalue weighted by Gasteiger charge is -2.14. The summed E-state index contributed by atoms with van der Waals surface area (Å²) in [6.07, 6.45) is 0. The van der Waals surface area contributed by atoms with E-state index in [1.807, 2.05) is 31.2 Å². The van der Waals surface area contributed by atoms with Crippen molar-refractivity contribution >= 4 is 5.91 Å². The number of carbonyl (C=O) groups excluding carboxylic acids is 1. The molecule has 82 valence electrons. The van der Waals surface area contributed by atoms with Crippen LogP contribution in [0.3, 0.4) is 0 Å². The molecule has 1 atom stereocenters. The van der Waals surface area contributed by atoms with Gasteiger partial charge < -0.3 is 15.8 Å². The number of hydrogen-bond donors (Lipinski definition) is 2. The van der Waals surface area contributed by atoms with Crippen molar-refractivity contribution in [1.29, 1.82) is 0 Å². The maximum atomic E-state index is 11.1. The molecular weight excluding hydrogens is 192 g/mol. The fourth-order valence-electron chi connectivity index (χ4n) is 1.29. The van der Waals surface area contributed by atoms with Crippen molar-refractivity contribution in [3.63, 3.8) is 0 Å². The summed E-state index contributed by atoms with van der Waals surface area (Å²) >= 11 is 0. The molecule has 1 aromatic carbocycles. The largest absolute Gasteiger partial charge is 0.497 e. The summed E-state index contributed by atoms with van der Waals surface area (Å²) in [6, 6.07) is 7.52. The molecule has 0 bridgehead atoms. The number of ether oxygens (including phenoxy) is 1. The lowest BCUT2D eigenvalue weighted by Crippen LogP contribution is -2.32. The Morgan fingerprint density at radius 3 is 2.93 bits per heavy atom. The van der Waals surface area contributed by atoms with E-state index in [1.54, 1.807) is 7.11 Å². The average Bonchev–Trinajstić information content (AvgIpc) is 2.28. The second-order valence-electron chi connectivity index (χ2n) is 3.27. The third-order valence-electron chi connectivity index (χ3n) is 2.16. The maximum absolute atomic E-state index is 11.1. The minimum Gasteiger partial charge on any atom is -0.497 e. The van der Waals surface area contributed by atoms with E-state index in [1.165, 1.54) is 0 Å². The van der Waals surface area contributed by atoms with Gasteiger partial charge in [0.05, 0.1) is 19.7 Å². The third kappa shape index (κ3) is 3.25. The molecule has 0 heterocycles. The van der Waals surface area contributed by atoms with Crippen molar-refractivity contribution in [2.75, 3.05) is 13.7 Å². The average molecular weight is 208 g/mol. The van der Waals surface area contributed by atoms with Gasteiger partial charge >= 0.3 is 0 Å². The molecule has 3 N–H and O–H groups in total. The number of hydrogen-bond acceptors (Lipinski definition) is 3. The van der Waals surface area contributed by atoms with Crippen molar-refractivity contribution in [2.45, 2.75) is 13.0 Å². The molecule has 1 amide bonds. The molecule has 0 fully saturated rings. The van der Waals surface area contributed by atoms with Gasteiger partial charge in [-0.15, -0.1) is 0 Å². The summed E-state index contributed by atoms with van der Waals surface area (Å²) in [5, 5.41) is 2.78. The fraction of sp³-hybridized carbons (Fsp3) is 0.364. The summed E-state index contributed by atoms with van der Waals surface area (Å²) in [7, 11) is 1.61. The predicted molar refractivity (Wildman–Crippen MR) is 58.6 cm³/mol. The van der Waals surface area contributed by atoms with Gasteiger partial charge in [-0.3, -0.25) is 4.79 Å². The molecule has 15 heavy (non-hydrogen) atoms. The Balaban J connectivity index is 2.72. The molecule has 0 unspecified atom stereocenters. The van der Waals surface area contributed by atoms with Crippen LogP contribution in [-0.4, -0.2) is 19.6 Å².